The molecule has 4 heterocycles. The fourth-order valence-corrected chi connectivity index (χ4v) is 5.76. The molecular formula is C26H28FN5O2. The minimum absolute atomic E-state index is 0.0237. The molecule has 1 fully saturated rings. The van der Waals surface area contributed by atoms with Crippen LogP contribution in [0.4, 0.5) is 4.39 Å². The van der Waals surface area contributed by atoms with Gasteiger partial charge in [0, 0.05) is 49.3 Å². The summed E-state index contributed by atoms with van der Waals surface area (Å²) in [6.45, 7) is 4.57. The van der Waals surface area contributed by atoms with E-state index in [1.807, 2.05) is 6.07 Å². The third-order valence-corrected chi connectivity index (χ3v) is 7.56. The summed E-state index contributed by atoms with van der Waals surface area (Å²) in [5, 5.41) is 6.56. The molecule has 1 unspecified atom stereocenters. The largest absolute Gasteiger partial charge is 0.352 e. The van der Waals surface area contributed by atoms with Crippen molar-refractivity contribution >= 4 is 16.9 Å². The van der Waals surface area contributed by atoms with Gasteiger partial charge in [0.25, 0.3) is 11.5 Å². The van der Waals surface area contributed by atoms with Crippen molar-refractivity contribution < 1.29 is 9.18 Å². The van der Waals surface area contributed by atoms with Gasteiger partial charge in [-0.15, -0.1) is 0 Å². The average molecular weight is 462 g/mol. The smallest absolute Gasteiger partial charge is 0.269 e. The van der Waals surface area contributed by atoms with Gasteiger partial charge >= 0.3 is 0 Å². The summed E-state index contributed by atoms with van der Waals surface area (Å²) in [5.41, 5.74) is 4.87. The highest BCUT2D eigenvalue weighted by molar-refractivity contribution is 5.96. The highest BCUT2D eigenvalue weighted by Crippen LogP contribution is 2.35. The van der Waals surface area contributed by atoms with Gasteiger partial charge < -0.3 is 20.1 Å². The van der Waals surface area contributed by atoms with E-state index < -0.39 is 0 Å². The second-order valence-electron chi connectivity index (χ2n) is 9.69. The minimum atomic E-state index is -0.244. The number of piperidine rings is 1. The van der Waals surface area contributed by atoms with E-state index in [9.17, 15) is 14.0 Å². The molecule has 2 N–H and O–H groups in total. The summed E-state index contributed by atoms with van der Waals surface area (Å²) >= 11 is 0. The number of carbonyl (C=O) groups is 1. The monoisotopic (exact) mass is 461 g/mol. The van der Waals surface area contributed by atoms with Crippen molar-refractivity contribution in [2.24, 2.45) is 0 Å². The molecular weight excluding hydrogens is 433 g/mol. The molecule has 0 bridgehead atoms. The zero-order valence-corrected chi connectivity index (χ0v) is 19.0. The van der Waals surface area contributed by atoms with Crippen LogP contribution in [-0.2, 0) is 19.5 Å². The summed E-state index contributed by atoms with van der Waals surface area (Å²) in [6, 6.07) is 9.73. The molecule has 1 saturated heterocycles. The Morgan fingerprint density at radius 2 is 2.00 bits per heavy atom. The fourth-order valence-electron chi connectivity index (χ4n) is 5.76. The van der Waals surface area contributed by atoms with Crippen molar-refractivity contribution in [1.82, 2.24) is 25.1 Å². The first-order valence-corrected chi connectivity index (χ1v) is 12.1. The van der Waals surface area contributed by atoms with Crippen molar-refractivity contribution in [1.29, 1.82) is 0 Å². The van der Waals surface area contributed by atoms with Crippen molar-refractivity contribution in [3.63, 3.8) is 0 Å². The van der Waals surface area contributed by atoms with Crippen LogP contribution in [0.15, 0.2) is 41.3 Å². The summed E-state index contributed by atoms with van der Waals surface area (Å²) in [4.78, 5) is 31.0. The van der Waals surface area contributed by atoms with Crippen molar-refractivity contribution in [2.75, 3.05) is 26.2 Å². The lowest BCUT2D eigenvalue weighted by Crippen LogP contribution is -2.43. The molecule has 1 aromatic heterocycles. The number of hydrogen-bond donors (Lipinski definition) is 2. The first kappa shape index (κ1) is 21.4. The Hall–Kier alpha value is -3.10. The van der Waals surface area contributed by atoms with Crippen LogP contribution in [0.5, 0.6) is 0 Å². The maximum Gasteiger partial charge on any atom is 0.269 e. The molecule has 0 spiro atoms. The van der Waals surface area contributed by atoms with Crippen molar-refractivity contribution in [3.8, 4) is 0 Å². The molecule has 8 heteroatoms. The van der Waals surface area contributed by atoms with Crippen molar-refractivity contribution in [2.45, 2.75) is 44.3 Å². The summed E-state index contributed by atoms with van der Waals surface area (Å²) in [6.07, 6.45) is 4.25. The normalized spacial score (nSPS) is 20.5. The quantitative estimate of drug-likeness (QED) is 0.609. The lowest BCUT2D eigenvalue weighted by molar-refractivity contribution is 0.0946. The topological polar surface area (TPSA) is 79.3 Å². The van der Waals surface area contributed by atoms with E-state index in [1.165, 1.54) is 12.3 Å². The molecule has 3 aliphatic rings. The number of nitrogens with one attached hydrogen (secondary N) is 2. The zero-order valence-electron chi connectivity index (χ0n) is 19.0. The molecule has 7 nitrogen and oxygen atoms in total. The standard InChI is InChI=1S/C26H28FN5O2/c27-21-3-4-22-25-24(21)18(15-32(25)23(33)13-30-22)14-31-9-6-19(7-10-31)29-12-16-1-2-17-5-8-28-26(34)20(17)11-16/h1-4,11,13,18-19,29H,5-10,12,14-15H2,(H,28,34). The fraction of sp³-hybridized carbons (Fsp3) is 0.423. The summed E-state index contributed by atoms with van der Waals surface area (Å²) in [7, 11) is 0. The molecule has 176 valence electrons. The van der Waals surface area contributed by atoms with Gasteiger partial charge in [0.05, 0.1) is 17.2 Å². The Bertz CT molecular complexity index is 1330. The highest BCUT2D eigenvalue weighted by Gasteiger charge is 2.31. The molecule has 34 heavy (non-hydrogen) atoms. The number of amides is 1. The van der Waals surface area contributed by atoms with Crippen LogP contribution in [0.25, 0.3) is 11.0 Å². The lowest BCUT2D eigenvalue weighted by Gasteiger charge is -2.34. The number of benzene rings is 2. The average Bonchev–Trinajstić information content (AvgIpc) is 3.24. The molecule has 0 radical (unpaired) electrons. The SMILES string of the molecule is O=C1NCCc2ccc(CNC3CCN(CC4Cn5c(=O)cnc6ccc(F)c4c65)CC3)cc21. The number of nitrogens with zero attached hydrogens (tertiary/aromatic N) is 3. The van der Waals surface area contributed by atoms with Gasteiger partial charge in [-0.2, -0.15) is 0 Å². The Balaban J connectivity index is 1.06. The highest BCUT2D eigenvalue weighted by atomic mass is 19.1. The molecule has 3 aliphatic heterocycles. The summed E-state index contributed by atoms with van der Waals surface area (Å²) in [5.74, 6) is -0.256. The van der Waals surface area contributed by atoms with Crippen LogP contribution in [0.1, 0.15) is 45.8 Å². The molecule has 1 amide bonds. The molecule has 3 aromatic rings. The maximum atomic E-state index is 14.7. The third kappa shape index (κ3) is 3.80. The molecule has 2 aromatic carbocycles. The first-order chi connectivity index (χ1) is 16.6. The van der Waals surface area contributed by atoms with E-state index in [-0.39, 0.29) is 23.2 Å². The second kappa shape index (κ2) is 8.60. The number of rotatable bonds is 5. The van der Waals surface area contributed by atoms with Gasteiger partial charge in [-0.3, -0.25) is 9.59 Å². The molecule has 6 rings (SSSR count). The number of carbonyl (C=O) groups excluding carboxylic acids is 1. The second-order valence-corrected chi connectivity index (χ2v) is 9.69. The Labute approximate surface area is 197 Å². The number of aromatic nitrogens is 2. The number of likely N-dealkylation sites (tertiary alicyclic amines) is 1. The number of fused-ring (bicyclic) bond motifs is 1. The van der Waals surface area contributed by atoms with Gasteiger partial charge in [-0.1, -0.05) is 12.1 Å². The van der Waals surface area contributed by atoms with Gasteiger partial charge in [0.2, 0.25) is 0 Å². The van der Waals surface area contributed by atoms with Gasteiger partial charge in [0.1, 0.15) is 5.82 Å². The molecule has 0 aliphatic carbocycles. The van der Waals surface area contributed by atoms with Crippen LogP contribution < -0.4 is 16.2 Å². The van der Waals surface area contributed by atoms with Gasteiger partial charge in [-0.05, 0) is 61.7 Å². The van der Waals surface area contributed by atoms with Crippen LogP contribution >= 0.6 is 0 Å². The van der Waals surface area contributed by atoms with Crippen LogP contribution in [0.3, 0.4) is 0 Å². The van der Waals surface area contributed by atoms with E-state index in [0.717, 1.165) is 62.1 Å². The molecule has 0 saturated carbocycles. The number of halogens is 1. The van der Waals surface area contributed by atoms with E-state index in [1.54, 1.807) is 10.6 Å². The van der Waals surface area contributed by atoms with Gasteiger partial charge in [0.15, 0.2) is 0 Å². The predicted octanol–water partition coefficient (Wildman–Crippen LogP) is 2.17. The van der Waals surface area contributed by atoms with E-state index >= 15 is 0 Å². The minimum Gasteiger partial charge on any atom is -0.352 e. The Morgan fingerprint density at radius 3 is 2.85 bits per heavy atom. The number of hydrogen-bond acceptors (Lipinski definition) is 5. The molecule has 1 atom stereocenters. The van der Waals surface area contributed by atoms with Gasteiger partial charge in [-0.25, -0.2) is 9.37 Å². The third-order valence-electron chi connectivity index (χ3n) is 7.56. The summed E-state index contributed by atoms with van der Waals surface area (Å²) < 4.78 is 16.4. The zero-order chi connectivity index (χ0) is 23.2. The van der Waals surface area contributed by atoms with E-state index in [2.05, 4.69) is 32.7 Å². The van der Waals surface area contributed by atoms with Crippen LogP contribution in [0.2, 0.25) is 0 Å². The Morgan fingerprint density at radius 1 is 1.15 bits per heavy atom. The Kier molecular flexibility index (Phi) is 5.42. The predicted molar refractivity (Wildman–Crippen MR) is 127 cm³/mol. The maximum absolute atomic E-state index is 14.7. The lowest BCUT2D eigenvalue weighted by atomic mass is 9.96. The van der Waals surface area contributed by atoms with E-state index in [0.29, 0.717) is 35.7 Å². The van der Waals surface area contributed by atoms with Crippen LogP contribution in [0, 0.1) is 5.82 Å². The first-order valence-electron chi connectivity index (χ1n) is 12.1. The van der Waals surface area contributed by atoms with E-state index in [4.69, 9.17) is 0 Å². The van der Waals surface area contributed by atoms with Crippen molar-refractivity contribution in [3.05, 3.63) is 75.0 Å². The van der Waals surface area contributed by atoms with Crippen LogP contribution in [-0.4, -0.2) is 52.6 Å².